The van der Waals surface area contributed by atoms with Crippen molar-refractivity contribution in [3.8, 4) is 0 Å². The summed E-state index contributed by atoms with van der Waals surface area (Å²) >= 11 is 0. The summed E-state index contributed by atoms with van der Waals surface area (Å²) in [5.41, 5.74) is -1.91. The molecule has 4 fully saturated rings. The molecule has 2 aromatic heterocycles. The zero-order valence-corrected chi connectivity index (χ0v) is 40.7. The van der Waals surface area contributed by atoms with Crippen LogP contribution in [0.3, 0.4) is 0 Å². The lowest BCUT2D eigenvalue weighted by molar-refractivity contribution is -0.0641. The first-order valence-electron chi connectivity index (χ1n) is 21.5. The summed E-state index contributed by atoms with van der Waals surface area (Å²) in [5, 5.41) is 3.23. The quantitative estimate of drug-likeness (QED) is 0.278. The van der Waals surface area contributed by atoms with E-state index in [1.165, 1.54) is 33.7 Å². The second kappa shape index (κ2) is 21.9. The van der Waals surface area contributed by atoms with Gasteiger partial charge in [-0.1, -0.05) is 48.5 Å². The van der Waals surface area contributed by atoms with Gasteiger partial charge in [0.15, 0.2) is 29.1 Å². The number of aromatic amines is 2. The number of H-pyrrole nitrogens is 2. The Kier molecular flexibility index (Phi) is 18.3. The number of morpholine rings is 2. The molecule has 0 aliphatic carbocycles. The van der Waals surface area contributed by atoms with E-state index in [1.54, 1.807) is 14.2 Å². The topological polar surface area (TPSA) is 199 Å². The lowest BCUT2D eigenvalue weighted by atomic mass is 10.1. The van der Waals surface area contributed by atoms with Crippen LogP contribution in [-0.4, -0.2) is 151 Å². The minimum absolute atomic E-state index is 0.0156. The van der Waals surface area contributed by atoms with Crippen LogP contribution in [0, 0.1) is 0 Å². The highest BCUT2D eigenvalue weighted by Crippen LogP contribution is 2.43. The van der Waals surface area contributed by atoms with E-state index in [2.05, 4.69) is 87.9 Å². The Labute approximate surface area is 362 Å². The summed E-state index contributed by atoms with van der Waals surface area (Å²) in [4.78, 5) is 54.3. The number of hydrogen-bond acceptors (Lipinski definition) is 14. The van der Waals surface area contributed by atoms with E-state index in [4.69, 9.17) is 37.3 Å². The molecule has 0 radical (unpaired) electrons. The van der Waals surface area contributed by atoms with E-state index in [0.29, 0.717) is 19.8 Å². The van der Waals surface area contributed by atoms with E-state index in [0.717, 1.165) is 45.8 Å². The first-order chi connectivity index (χ1) is 28.5. The molecule has 0 saturated carbocycles. The van der Waals surface area contributed by atoms with Gasteiger partial charge >= 0.3 is 11.4 Å². The maximum absolute atomic E-state index is 12.4. The van der Waals surface area contributed by atoms with Gasteiger partial charge in [0, 0.05) is 71.5 Å². The number of nitrogens with one attached hydrogen (secondary N) is 3. The Hall–Kier alpha value is -2.61. The zero-order valence-electron chi connectivity index (χ0n) is 38.7. The lowest BCUT2D eigenvalue weighted by Gasteiger charge is -2.41. The maximum Gasteiger partial charge on any atom is 0.330 e. The van der Waals surface area contributed by atoms with Crippen LogP contribution in [0.1, 0.15) is 67.3 Å². The lowest BCUT2D eigenvalue weighted by Crippen LogP contribution is -2.52. The van der Waals surface area contributed by atoms with Crippen molar-refractivity contribution < 1.29 is 37.3 Å². The third kappa shape index (κ3) is 13.2. The third-order valence-electron chi connectivity index (χ3n) is 12.6. The van der Waals surface area contributed by atoms with Crippen LogP contribution < -0.4 is 27.8 Å². The molecule has 0 bridgehead atoms. The van der Waals surface area contributed by atoms with Crippen molar-refractivity contribution in [3.05, 3.63) is 66.2 Å². The summed E-state index contributed by atoms with van der Waals surface area (Å²) in [6, 6.07) is 2.62. The smallest absolute Gasteiger partial charge is 0.330 e. The van der Waals surface area contributed by atoms with E-state index >= 15 is 0 Å². The molecule has 2 aromatic rings. The maximum atomic E-state index is 12.4. The summed E-state index contributed by atoms with van der Waals surface area (Å²) in [6.07, 6.45) is 0.382. The van der Waals surface area contributed by atoms with Gasteiger partial charge < -0.3 is 42.6 Å². The molecule has 0 aromatic carbocycles. The van der Waals surface area contributed by atoms with E-state index in [9.17, 15) is 19.2 Å². The highest BCUT2D eigenvalue weighted by Gasteiger charge is 2.53. The molecule has 2 unspecified atom stereocenters. The van der Waals surface area contributed by atoms with Gasteiger partial charge in [-0.3, -0.25) is 33.6 Å². The first-order valence-corrected chi connectivity index (χ1v) is 27.3. The molecule has 3 N–H and O–H groups in total. The predicted molar refractivity (Wildman–Crippen MR) is 237 cm³/mol. The SMILES string of the molecule is C1COCCN1.CC[C@H]1O[C@@H](n2ccc(=O)[nH]c2=O)[C@@H](OC)C1O[Si](C)(C)C(C)(C)C.CO[C@H]1C(O[Si](C)(C)C(C)(C)C)[C@@H](CN2CCOCC2)O[C@H]1n1ccc(=O)[nH]c1=O. The van der Waals surface area contributed by atoms with E-state index in [-0.39, 0.29) is 34.5 Å². The molecule has 8 atom stereocenters. The van der Waals surface area contributed by atoms with E-state index < -0.39 is 63.8 Å². The fourth-order valence-electron chi connectivity index (χ4n) is 6.97. The molecule has 4 saturated heterocycles. The van der Waals surface area contributed by atoms with Crippen LogP contribution in [0.15, 0.2) is 43.7 Å². The Morgan fingerprint density at radius 3 is 1.41 bits per heavy atom. The van der Waals surface area contributed by atoms with Crippen LogP contribution in [-0.2, 0) is 37.3 Å². The van der Waals surface area contributed by atoms with Crippen molar-refractivity contribution in [2.45, 2.75) is 140 Å². The molecule has 0 spiro atoms. The van der Waals surface area contributed by atoms with Gasteiger partial charge in [0.25, 0.3) is 11.1 Å². The van der Waals surface area contributed by atoms with Crippen molar-refractivity contribution in [2.24, 2.45) is 0 Å². The number of aromatic nitrogens is 4. The minimum atomic E-state index is -2.14. The minimum Gasteiger partial charge on any atom is -0.408 e. The number of nitrogens with zero attached hydrogens (tertiary/aromatic N) is 3. The predicted octanol–water partition coefficient (Wildman–Crippen LogP) is 3.03. The van der Waals surface area contributed by atoms with Gasteiger partial charge in [-0.2, -0.15) is 0 Å². The highest BCUT2D eigenvalue weighted by molar-refractivity contribution is 6.74. The second-order valence-electron chi connectivity index (χ2n) is 18.9. The molecule has 4 aliphatic rings. The summed E-state index contributed by atoms with van der Waals surface area (Å²) in [7, 11) is -0.978. The van der Waals surface area contributed by atoms with Crippen molar-refractivity contribution >= 4 is 16.6 Å². The molecule has 0 amide bonds. The molecule has 6 heterocycles. The van der Waals surface area contributed by atoms with E-state index in [1.807, 2.05) is 6.92 Å². The summed E-state index contributed by atoms with van der Waals surface area (Å²) in [5.74, 6) is 0. The molecule has 6 rings (SSSR count). The average Bonchev–Trinajstić information content (AvgIpc) is 3.70. The molecule has 4 aliphatic heterocycles. The Bertz CT molecular complexity index is 1890. The van der Waals surface area contributed by atoms with Crippen LogP contribution >= 0.6 is 0 Å². The fraction of sp³-hybridized carbons (Fsp3) is 0.805. The Morgan fingerprint density at radius 1 is 0.656 bits per heavy atom. The van der Waals surface area contributed by atoms with Gasteiger partial charge in [-0.25, -0.2) is 9.59 Å². The van der Waals surface area contributed by atoms with Gasteiger partial charge in [0.05, 0.1) is 32.5 Å². The monoisotopic (exact) mass is 898 g/mol. The average molecular weight is 899 g/mol. The number of rotatable bonds is 11. The molecule has 18 nitrogen and oxygen atoms in total. The molecule has 61 heavy (non-hydrogen) atoms. The van der Waals surface area contributed by atoms with Crippen LogP contribution in [0.2, 0.25) is 36.3 Å². The Balaban J connectivity index is 0.000000239. The molecule has 20 heteroatoms. The standard InChI is InChI=1S/C20H35N3O6Si.C17H30N2O5Si.C4H9NO/c1-20(2,3)30(5,6)29-16-14(13-22-9-11-27-12-10-22)28-18(17(16)26-4)23-8-7-15(24)21-19(23)25;1-8-11-13(24-25(6,7)17(2,3)4)14(22-5)15(23-11)19-10-9-12(20)18-16(19)21;1-3-6-4-2-5-1/h7-8,14,16-18H,9-13H2,1-6H3,(H,21,24,25);9-11,13-15H,8H2,1-7H3,(H,18,20,21);5H,1-4H2/t14-,16?,17+,18-;11-,13?,14+,15-;/m11./s1. The first kappa shape index (κ1) is 51.0. The largest absolute Gasteiger partial charge is 0.408 e. The van der Waals surface area contributed by atoms with Gasteiger partial charge in [-0.15, -0.1) is 0 Å². The van der Waals surface area contributed by atoms with Gasteiger partial charge in [0.1, 0.15) is 30.5 Å². The van der Waals surface area contributed by atoms with Crippen LogP contribution in [0.5, 0.6) is 0 Å². The molecular weight excluding hydrogens is 825 g/mol. The fourth-order valence-corrected chi connectivity index (χ4v) is 9.61. The number of hydrogen-bond donors (Lipinski definition) is 3. The number of ether oxygens (including phenoxy) is 6. The highest BCUT2D eigenvalue weighted by atomic mass is 28.4. The normalized spacial score (nSPS) is 27.8. The molecule has 348 valence electrons. The van der Waals surface area contributed by atoms with Gasteiger partial charge in [0.2, 0.25) is 0 Å². The third-order valence-corrected chi connectivity index (χ3v) is 21.6. The second-order valence-corrected chi connectivity index (χ2v) is 28.4. The van der Waals surface area contributed by atoms with Crippen LogP contribution in [0.25, 0.3) is 0 Å². The van der Waals surface area contributed by atoms with Gasteiger partial charge in [-0.05, 0) is 42.7 Å². The van der Waals surface area contributed by atoms with Crippen molar-refractivity contribution in [3.63, 3.8) is 0 Å². The van der Waals surface area contributed by atoms with Crippen molar-refractivity contribution in [1.82, 2.24) is 29.3 Å². The van der Waals surface area contributed by atoms with Crippen molar-refractivity contribution in [2.75, 3.05) is 73.4 Å². The van der Waals surface area contributed by atoms with Crippen molar-refractivity contribution in [1.29, 1.82) is 0 Å². The summed E-state index contributed by atoms with van der Waals surface area (Å²) < 4.78 is 50.6. The number of methoxy groups -OCH3 is 2. The summed E-state index contributed by atoms with van der Waals surface area (Å²) in [6.45, 7) is 31.5. The molecular formula is C41H74N6O12Si2. The zero-order chi connectivity index (χ0) is 45.3. The Morgan fingerprint density at radius 2 is 1.07 bits per heavy atom. The van der Waals surface area contributed by atoms with Crippen LogP contribution in [0.4, 0.5) is 0 Å².